The Morgan fingerprint density at radius 3 is 2.19 bits per heavy atom. The van der Waals surface area contributed by atoms with Crippen molar-refractivity contribution in [3.63, 3.8) is 0 Å². The third-order valence-electron chi connectivity index (χ3n) is 9.19. The van der Waals surface area contributed by atoms with Crippen LogP contribution in [0.15, 0.2) is 79.1 Å². The van der Waals surface area contributed by atoms with Crippen LogP contribution in [-0.4, -0.2) is 103 Å². The van der Waals surface area contributed by atoms with Crippen molar-refractivity contribution >= 4 is 35.3 Å². The summed E-state index contributed by atoms with van der Waals surface area (Å²) < 4.78 is 66.0. The van der Waals surface area contributed by atoms with E-state index in [9.17, 15) is 22.8 Å². The van der Waals surface area contributed by atoms with Gasteiger partial charge in [0.05, 0.1) is 38.5 Å². The van der Waals surface area contributed by atoms with Gasteiger partial charge in [-0.15, -0.1) is 0 Å². The summed E-state index contributed by atoms with van der Waals surface area (Å²) in [5, 5.41) is 5.51. The number of nitrogens with one attached hydrogen (secondary N) is 2. The van der Waals surface area contributed by atoms with Gasteiger partial charge in [0.2, 0.25) is 11.9 Å². The number of methoxy groups -OCH3 is 1. The minimum atomic E-state index is -5.12. The van der Waals surface area contributed by atoms with E-state index in [1.807, 2.05) is 9.80 Å². The van der Waals surface area contributed by atoms with E-state index in [0.717, 1.165) is 7.11 Å². The molecule has 3 saturated heterocycles. The van der Waals surface area contributed by atoms with Crippen LogP contribution in [-0.2, 0) is 29.3 Å². The largest absolute Gasteiger partial charge is 0.457 e. The molecular weight excluding hydrogens is 685 g/mol. The van der Waals surface area contributed by atoms with Crippen LogP contribution in [0.5, 0.6) is 0 Å². The number of alkyl halides is 3. The topological polar surface area (TPSA) is 153 Å². The first-order chi connectivity index (χ1) is 25.2. The summed E-state index contributed by atoms with van der Waals surface area (Å²) in [5.74, 6) is -0.585. The number of rotatable bonds is 9. The van der Waals surface area contributed by atoms with Gasteiger partial charge >= 0.3 is 18.2 Å². The first-order valence-electron chi connectivity index (χ1n) is 16.6. The Bertz CT molecular complexity index is 1870. The molecule has 0 radical (unpaired) electrons. The molecule has 0 unspecified atom stereocenters. The highest BCUT2D eigenvalue weighted by molar-refractivity contribution is 5.99. The summed E-state index contributed by atoms with van der Waals surface area (Å²) >= 11 is 0. The number of nitrogens with zero attached hydrogens (tertiary/aromatic N) is 6. The number of benzene rings is 2. The van der Waals surface area contributed by atoms with Crippen molar-refractivity contribution in [2.75, 3.05) is 67.1 Å². The summed E-state index contributed by atoms with van der Waals surface area (Å²) in [4.78, 5) is 48.3. The van der Waals surface area contributed by atoms with Gasteiger partial charge < -0.3 is 39.4 Å². The molecule has 2 aromatic carbocycles. The molecule has 0 saturated carbocycles. The molecule has 4 atom stereocenters. The quantitative estimate of drug-likeness (QED) is 0.236. The number of carbonyl (C=O) groups excluding carboxylic acids is 2. The van der Waals surface area contributed by atoms with Gasteiger partial charge in [0, 0.05) is 61.5 Å². The molecule has 4 aromatic rings. The van der Waals surface area contributed by atoms with Crippen molar-refractivity contribution in [1.29, 1.82) is 0 Å². The number of aromatic nitrogens is 4. The van der Waals surface area contributed by atoms with E-state index in [1.54, 1.807) is 54.9 Å². The summed E-state index contributed by atoms with van der Waals surface area (Å²) in [5.41, 5.74) is -1.99. The van der Waals surface area contributed by atoms with Gasteiger partial charge in [0.1, 0.15) is 6.10 Å². The number of morpholine rings is 2. The van der Waals surface area contributed by atoms with Crippen molar-refractivity contribution in [1.82, 2.24) is 19.9 Å². The van der Waals surface area contributed by atoms with Crippen LogP contribution in [0.4, 0.5) is 41.2 Å². The van der Waals surface area contributed by atoms with Gasteiger partial charge in [0.15, 0.2) is 5.82 Å². The van der Waals surface area contributed by atoms with Gasteiger partial charge in [-0.25, -0.2) is 9.59 Å². The van der Waals surface area contributed by atoms with Gasteiger partial charge in [-0.3, -0.25) is 4.98 Å². The Labute approximate surface area is 296 Å². The predicted octanol–water partition coefficient (Wildman–Crippen LogP) is 4.41. The number of fused-ring (bicyclic) bond motifs is 2. The fourth-order valence-electron chi connectivity index (χ4n) is 6.63. The van der Waals surface area contributed by atoms with Crippen LogP contribution in [0, 0.1) is 0 Å². The first-order valence-corrected chi connectivity index (χ1v) is 16.6. The Morgan fingerprint density at radius 2 is 1.52 bits per heavy atom. The Kier molecular flexibility index (Phi) is 9.90. The number of hydrogen-bond donors (Lipinski definition) is 2. The lowest BCUT2D eigenvalue weighted by molar-refractivity contribution is -0.278. The lowest BCUT2D eigenvalue weighted by Crippen LogP contribution is -2.54. The second-order valence-electron chi connectivity index (χ2n) is 12.3. The van der Waals surface area contributed by atoms with Crippen LogP contribution >= 0.6 is 0 Å². The lowest BCUT2D eigenvalue weighted by atomic mass is 9.92. The fraction of sp³-hybridized carbons (Fsp3) is 0.371. The highest BCUT2D eigenvalue weighted by Crippen LogP contribution is 2.44. The Hall–Kier alpha value is -5.39. The molecule has 3 aliphatic rings. The van der Waals surface area contributed by atoms with Gasteiger partial charge in [0.25, 0.3) is 5.60 Å². The second-order valence-corrected chi connectivity index (χ2v) is 12.3. The molecule has 0 aliphatic carbocycles. The third kappa shape index (κ3) is 6.93. The number of anilines is 4. The zero-order chi connectivity index (χ0) is 36.3. The number of pyridine rings is 1. The fourth-order valence-corrected chi connectivity index (χ4v) is 6.63. The van der Waals surface area contributed by atoms with Gasteiger partial charge in [-0.05, 0) is 36.4 Å². The van der Waals surface area contributed by atoms with Crippen molar-refractivity contribution in [2.24, 2.45) is 0 Å². The normalized spacial score (nSPS) is 21.3. The number of halogens is 3. The van der Waals surface area contributed by atoms with Crippen molar-refractivity contribution in [2.45, 2.75) is 36.4 Å². The highest BCUT2D eigenvalue weighted by Gasteiger charge is 2.65. The maximum absolute atomic E-state index is 14.7. The summed E-state index contributed by atoms with van der Waals surface area (Å²) in [6, 6.07) is 15.4. The number of amides is 2. The molecule has 3 fully saturated rings. The minimum Gasteiger partial charge on any atom is -0.457 e. The number of esters is 1. The Balaban J connectivity index is 1.16. The van der Waals surface area contributed by atoms with E-state index < -0.39 is 47.5 Å². The van der Waals surface area contributed by atoms with E-state index in [2.05, 4.69) is 15.6 Å². The molecule has 2 aromatic heterocycles. The molecule has 7 rings (SSSR count). The van der Waals surface area contributed by atoms with Gasteiger partial charge in [-0.1, -0.05) is 30.3 Å². The molecule has 2 bridgehead atoms. The van der Waals surface area contributed by atoms with E-state index in [1.165, 1.54) is 24.3 Å². The van der Waals surface area contributed by atoms with Gasteiger partial charge in [-0.2, -0.15) is 28.1 Å². The van der Waals surface area contributed by atoms with E-state index in [4.69, 9.17) is 33.9 Å². The molecular formula is C35H35F3N8O6. The van der Waals surface area contributed by atoms with Crippen LogP contribution in [0.25, 0.3) is 11.4 Å². The molecule has 2 N–H and O–H groups in total. The minimum absolute atomic E-state index is 0.0572. The molecule has 14 nitrogen and oxygen atoms in total. The van der Waals surface area contributed by atoms with Crippen molar-refractivity contribution in [3.05, 3.63) is 84.7 Å². The number of hydrogen-bond acceptors (Lipinski definition) is 12. The monoisotopic (exact) mass is 720 g/mol. The van der Waals surface area contributed by atoms with Crippen molar-refractivity contribution < 1.29 is 41.7 Å². The summed E-state index contributed by atoms with van der Waals surface area (Å²) in [7, 11) is 0.837. The maximum Gasteiger partial charge on any atom is 0.432 e. The average Bonchev–Trinajstić information content (AvgIpc) is 3.36. The summed E-state index contributed by atoms with van der Waals surface area (Å²) in [6.45, 7) is 2.28. The smallest absolute Gasteiger partial charge is 0.432 e. The number of ether oxygens (including phenoxy) is 4. The lowest BCUT2D eigenvalue weighted by Gasteiger charge is -2.37. The molecule has 52 heavy (non-hydrogen) atoms. The van der Waals surface area contributed by atoms with Crippen LogP contribution < -0.4 is 20.4 Å². The molecule has 272 valence electrons. The number of carbonyl (C=O) groups is 2. The highest BCUT2D eigenvalue weighted by atomic mass is 19.4. The SMILES string of the molecule is CO[C@@](C(=O)O[C@@H]1C[C@@H]2COC[C@H]1N2c1nc(-c2ccc(NC(=O)Nc3ccncc3)cc2)nc(N2CCOCC2)n1)(c1ccccc1)C(F)(F)F. The molecule has 5 heterocycles. The first kappa shape index (κ1) is 35.0. The van der Waals surface area contributed by atoms with E-state index in [-0.39, 0.29) is 25.6 Å². The standard InChI is InChI=1S/C35H35F3N8O6/c1-49-34(35(36,37)38,23-5-3-2-4-6-23)30(47)52-28-19-26-20-51-21-27(28)46(26)32-43-29(42-31(44-32)45-15-17-50-18-16-45)22-7-9-24(10-8-22)40-33(48)41-25-11-13-39-14-12-25/h2-14,26-28H,15-21H2,1H3,(H2,39,40,41,48)/t26-,27-,28-,34-/m1/s1. The second kappa shape index (κ2) is 14.7. The molecule has 17 heteroatoms. The molecule has 0 spiro atoms. The van der Waals surface area contributed by atoms with Crippen molar-refractivity contribution in [3.8, 4) is 11.4 Å². The third-order valence-corrected chi connectivity index (χ3v) is 9.19. The van der Waals surface area contributed by atoms with Crippen LogP contribution in [0.2, 0.25) is 0 Å². The number of urea groups is 1. The Morgan fingerprint density at radius 1 is 0.846 bits per heavy atom. The summed E-state index contributed by atoms with van der Waals surface area (Å²) in [6.07, 6.45) is -2.79. The molecule has 2 amide bonds. The van der Waals surface area contributed by atoms with Crippen LogP contribution in [0.1, 0.15) is 12.0 Å². The zero-order valence-electron chi connectivity index (χ0n) is 28.0. The van der Waals surface area contributed by atoms with E-state index in [0.29, 0.717) is 55.0 Å². The molecule has 3 aliphatic heterocycles. The predicted molar refractivity (Wildman–Crippen MR) is 182 cm³/mol. The average molecular weight is 721 g/mol. The maximum atomic E-state index is 14.7. The zero-order valence-corrected chi connectivity index (χ0v) is 28.0. The van der Waals surface area contributed by atoms with Crippen LogP contribution in [0.3, 0.4) is 0 Å². The van der Waals surface area contributed by atoms with E-state index >= 15 is 0 Å².